The van der Waals surface area contributed by atoms with Gasteiger partial charge in [0.05, 0.1) is 11.6 Å². The highest BCUT2D eigenvalue weighted by Gasteiger charge is 2.14. The highest BCUT2D eigenvalue weighted by Crippen LogP contribution is 2.17. The second kappa shape index (κ2) is 7.07. The van der Waals surface area contributed by atoms with Gasteiger partial charge in [0, 0.05) is 5.56 Å². The van der Waals surface area contributed by atoms with E-state index in [1.807, 2.05) is 42.8 Å². The number of thiophene rings is 1. The molecule has 0 aliphatic heterocycles. The van der Waals surface area contributed by atoms with Gasteiger partial charge in [0.25, 0.3) is 5.91 Å². The molecular formula is C17H17NO2S. The number of benzene rings is 1. The van der Waals surface area contributed by atoms with Crippen molar-refractivity contribution in [2.24, 2.45) is 0 Å². The Bertz CT molecular complexity index is 681. The summed E-state index contributed by atoms with van der Waals surface area (Å²) >= 11 is 1.61. The molecule has 1 heterocycles. The van der Waals surface area contributed by atoms with E-state index < -0.39 is 0 Å². The van der Waals surface area contributed by atoms with Crippen molar-refractivity contribution in [1.82, 2.24) is 5.32 Å². The van der Waals surface area contributed by atoms with E-state index in [0.29, 0.717) is 11.1 Å². The van der Waals surface area contributed by atoms with Crippen LogP contribution in [0.15, 0.2) is 35.0 Å². The van der Waals surface area contributed by atoms with E-state index in [2.05, 4.69) is 17.2 Å². The van der Waals surface area contributed by atoms with E-state index in [1.165, 1.54) is 0 Å². The van der Waals surface area contributed by atoms with Gasteiger partial charge in [-0.15, -0.1) is 0 Å². The monoisotopic (exact) mass is 299 g/mol. The van der Waals surface area contributed by atoms with Gasteiger partial charge in [-0.1, -0.05) is 17.9 Å². The number of hydrogen-bond acceptors (Lipinski definition) is 3. The Morgan fingerprint density at radius 2 is 2.24 bits per heavy atom. The summed E-state index contributed by atoms with van der Waals surface area (Å²) in [5.41, 5.74) is 3.28. The van der Waals surface area contributed by atoms with Crippen LogP contribution in [0.25, 0.3) is 0 Å². The molecule has 0 aliphatic carbocycles. The number of carbonyl (C=O) groups excluding carboxylic acids is 1. The third-order valence-corrected chi connectivity index (χ3v) is 3.81. The molecule has 0 bridgehead atoms. The highest BCUT2D eigenvalue weighted by molar-refractivity contribution is 7.07. The van der Waals surface area contributed by atoms with Crippen LogP contribution in [0, 0.1) is 18.8 Å². The molecule has 1 aromatic heterocycles. The molecule has 108 valence electrons. The Balaban J connectivity index is 2.22. The summed E-state index contributed by atoms with van der Waals surface area (Å²) in [6, 6.07) is 7.45. The maximum absolute atomic E-state index is 12.4. The molecule has 2 N–H and O–H groups in total. The minimum atomic E-state index is -0.222. The average Bonchev–Trinajstić information content (AvgIpc) is 2.99. The standard InChI is InChI=1S/C17H17NO2S/c1-12-5-6-16(14(10-12)4-3-8-19)17(20)18-13(2)15-7-9-21-11-15/h5-7,9-11,13,19H,8H2,1-2H3,(H,18,20). The molecule has 3 nitrogen and oxygen atoms in total. The molecule has 0 fully saturated rings. The van der Waals surface area contributed by atoms with Crippen molar-refractivity contribution >= 4 is 17.2 Å². The molecule has 0 saturated heterocycles. The van der Waals surface area contributed by atoms with Crippen molar-refractivity contribution in [3.8, 4) is 11.8 Å². The lowest BCUT2D eigenvalue weighted by atomic mass is 10.0. The first-order chi connectivity index (χ1) is 10.1. The van der Waals surface area contributed by atoms with Crippen LogP contribution in [-0.4, -0.2) is 17.6 Å². The van der Waals surface area contributed by atoms with E-state index >= 15 is 0 Å². The van der Waals surface area contributed by atoms with Crippen LogP contribution in [-0.2, 0) is 0 Å². The summed E-state index contributed by atoms with van der Waals surface area (Å²) in [6.45, 7) is 3.67. The zero-order valence-electron chi connectivity index (χ0n) is 12.0. The summed E-state index contributed by atoms with van der Waals surface area (Å²) in [6.07, 6.45) is 0. The number of hydrogen-bond donors (Lipinski definition) is 2. The predicted octanol–water partition coefficient (Wildman–Crippen LogP) is 2.89. The predicted molar refractivity (Wildman–Crippen MR) is 85.3 cm³/mol. The number of aliphatic hydroxyl groups is 1. The van der Waals surface area contributed by atoms with Crippen LogP contribution in [0.5, 0.6) is 0 Å². The Labute approximate surface area is 128 Å². The lowest BCUT2D eigenvalue weighted by Gasteiger charge is -2.13. The number of amides is 1. The number of aliphatic hydroxyl groups excluding tert-OH is 1. The SMILES string of the molecule is Cc1ccc(C(=O)NC(C)c2ccsc2)c(C#CCO)c1. The van der Waals surface area contributed by atoms with E-state index in [0.717, 1.165) is 11.1 Å². The number of rotatable bonds is 3. The maximum Gasteiger partial charge on any atom is 0.253 e. The quantitative estimate of drug-likeness (QED) is 0.856. The van der Waals surface area contributed by atoms with E-state index in [1.54, 1.807) is 17.4 Å². The van der Waals surface area contributed by atoms with Crippen molar-refractivity contribution in [3.05, 3.63) is 57.3 Å². The summed E-state index contributed by atoms with van der Waals surface area (Å²) in [5.74, 6) is 5.27. The molecular weight excluding hydrogens is 282 g/mol. The summed E-state index contributed by atoms with van der Waals surface area (Å²) in [7, 11) is 0. The minimum absolute atomic E-state index is 0.0521. The molecule has 2 aromatic rings. The first-order valence-electron chi connectivity index (χ1n) is 6.65. The Morgan fingerprint density at radius 3 is 2.90 bits per heavy atom. The number of aryl methyl sites for hydroxylation is 1. The molecule has 0 saturated carbocycles. The second-order valence-corrected chi connectivity index (χ2v) is 5.54. The number of carbonyl (C=O) groups is 1. The minimum Gasteiger partial charge on any atom is -0.384 e. The average molecular weight is 299 g/mol. The molecule has 1 atom stereocenters. The molecule has 1 amide bonds. The molecule has 1 unspecified atom stereocenters. The Morgan fingerprint density at radius 1 is 1.43 bits per heavy atom. The van der Waals surface area contributed by atoms with E-state index in [-0.39, 0.29) is 18.6 Å². The van der Waals surface area contributed by atoms with Crippen molar-refractivity contribution in [1.29, 1.82) is 0 Å². The van der Waals surface area contributed by atoms with Crippen LogP contribution >= 0.6 is 11.3 Å². The third-order valence-electron chi connectivity index (χ3n) is 3.11. The first kappa shape index (κ1) is 15.3. The van der Waals surface area contributed by atoms with Crippen LogP contribution in [0.2, 0.25) is 0 Å². The van der Waals surface area contributed by atoms with Crippen LogP contribution < -0.4 is 5.32 Å². The van der Waals surface area contributed by atoms with Gasteiger partial charge >= 0.3 is 0 Å². The topological polar surface area (TPSA) is 49.3 Å². The lowest BCUT2D eigenvalue weighted by Crippen LogP contribution is -2.27. The normalized spacial score (nSPS) is 11.4. The maximum atomic E-state index is 12.4. The van der Waals surface area contributed by atoms with Gasteiger partial charge in [-0.3, -0.25) is 4.79 Å². The van der Waals surface area contributed by atoms with Gasteiger partial charge in [-0.25, -0.2) is 0 Å². The van der Waals surface area contributed by atoms with Crippen molar-refractivity contribution < 1.29 is 9.90 Å². The van der Waals surface area contributed by atoms with Gasteiger partial charge in [-0.05, 0) is 53.9 Å². The van der Waals surface area contributed by atoms with Crippen molar-refractivity contribution in [3.63, 3.8) is 0 Å². The van der Waals surface area contributed by atoms with Gasteiger partial charge < -0.3 is 10.4 Å². The largest absolute Gasteiger partial charge is 0.384 e. The summed E-state index contributed by atoms with van der Waals surface area (Å²) in [5, 5.41) is 15.8. The van der Waals surface area contributed by atoms with E-state index in [9.17, 15) is 4.79 Å². The first-order valence-corrected chi connectivity index (χ1v) is 7.59. The number of nitrogens with one attached hydrogen (secondary N) is 1. The summed E-state index contributed by atoms with van der Waals surface area (Å²) in [4.78, 5) is 12.4. The zero-order valence-corrected chi connectivity index (χ0v) is 12.8. The van der Waals surface area contributed by atoms with Gasteiger partial charge in [0.2, 0.25) is 0 Å². The highest BCUT2D eigenvalue weighted by atomic mass is 32.1. The van der Waals surface area contributed by atoms with Crippen LogP contribution in [0.1, 0.15) is 40.0 Å². The molecule has 21 heavy (non-hydrogen) atoms. The molecule has 1 aromatic carbocycles. The Kier molecular flexibility index (Phi) is 5.15. The second-order valence-electron chi connectivity index (χ2n) is 4.76. The zero-order chi connectivity index (χ0) is 15.2. The van der Waals surface area contributed by atoms with Crippen LogP contribution in [0.4, 0.5) is 0 Å². The molecule has 0 spiro atoms. The summed E-state index contributed by atoms with van der Waals surface area (Å²) < 4.78 is 0. The van der Waals surface area contributed by atoms with Gasteiger partial charge in [0.1, 0.15) is 6.61 Å². The van der Waals surface area contributed by atoms with Crippen LogP contribution in [0.3, 0.4) is 0 Å². The van der Waals surface area contributed by atoms with Gasteiger partial charge in [0.15, 0.2) is 0 Å². The molecule has 0 aliphatic rings. The lowest BCUT2D eigenvalue weighted by molar-refractivity contribution is 0.0939. The van der Waals surface area contributed by atoms with Crippen molar-refractivity contribution in [2.45, 2.75) is 19.9 Å². The fraction of sp³-hybridized carbons (Fsp3) is 0.235. The Hall–Kier alpha value is -2.09. The van der Waals surface area contributed by atoms with E-state index in [4.69, 9.17) is 5.11 Å². The molecule has 0 radical (unpaired) electrons. The van der Waals surface area contributed by atoms with Crippen molar-refractivity contribution in [2.75, 3.05) is 6.61 Å². The third kappa shape index (κ3) is 3.94. The smallest absolute Gasteiger partial charge is 0.253 e. The molecule has 4 heteroatoms. The molecule has 2 rings (SSSR count). The fourth-order valence-corrected chi connectivity index (χ4v) is 2.73. The fourth-order valence-electron chi connectivity index (χ4n) is 1.97. The van der Waals surface area contributed by atoms with Gasteiger partial charge in [-0.2, -0.15) is 11.3 Å².